The smallest absolute Gasteiger partial charge is 0.222 e. The van der Waals surface area contributed by atoms with Crippen LogP contribution in [0.3, 0.4) is 0 Å². The number of hydrogen-bond acceptors (Lipinski definition) is 2. The maximum Gasteiger partial charge on any atom is 0.222 e. The summed E-state index contributed by atoms with van der Waals surface area (Å²) < 4.78 is 0. The average molecular weight is 353 g/mol. The van der Waals surface area contributed by atoms with Crippen molar-refractivity contribution >= 4 is 5.91 Å². The maximum absolute atomic E-state index is 12.1. The van der Waals surface area contributed by atoms with Gasteiger partial charge in [0, 0.05) is 38.6 Å². The molecule has 0 aromatic rings. The molecule has 1 aliphatic heterocycles. The molecule has 0 aromatic carbocycles. The molecule has 148 valence electrons. The van der Waals surface area contributed by atoms with E-state index in [-0.39, 0.29) is 0 Å². The largest absolute Gasteiger partial charge is 0.340 e. The number of unbranched alkanes of at least 4 members (excludes halogenated alkanes) is 7. The molecular weight excluding hydrogens is 308 g/mol. The molecule has 0 saturated carbocycles. The highest BCUT2D eigenvalue weighted by Gasteiger charge is 2.25. The lowest BCUT2D eigenvalue weighted by Crippen LogP contribution is -2.52. The molecule has 1 fully saturated rings. The average Bonchev–Trinajstić information content (AvgIpc) is 2.63. The fourth-order valence-electron chi connectivity index (χ4n) is 4.01. The fraction of sp³-hybridized carbons (Fsp3) is 0.955. The van der Waals surface area contributed by atoms with Gasteiger partial charge in [0.15, 0.2) is 0 Å². The van der Waals surface area contributed by atoms with Crippen LogP contribution in [0.1, 0.15) is 104 Å². The van der Waals surface area contributed by atoms with Crippen LogP contribution < -0.4 is 0 Å². The van der Waals surface area contributed by atoms with Crippen LogP contribution in [0.15, 0.2) is 0 Å². The summed E-state index contributed by atoms with van der Waals surface area (Å²) in [5, 5.41) is 0. The number of rotatable bonds is 14. The summed E-state index contributed by atoms with van der Waals surface area (Å²) in [7, 11) is 0. The molecule has 3 nitrogen and oxygen atoms in total. The molecule has 0 aliphatic carbocycles. The third-order valence-corrected chi connectivity index (χ3v) is 5.68. The van der Waals surface area contributed by atoms with Crippen molar-refractivity contribution < 1.29 is 4.79 Å². The molecule has 1 heterocycles. The summed E-state index contributed by atoms with van der Waals surface area (Å²) in [5.74, 6) is 0.362. The molecule has 25 heavy (non-hydrogen) atoms. The van der Waals surface area contributed by atoms with E-state index in [1.807, 2.05) is 0 Å². The van der Waals surface area contributed by atoms with Crippen molar-refractivity contribution in [3.05, 3.63) is 0 Å². The van der Waals surface area contributed by atoms with E-state index in [0.717, 1.165) is 45.1 Å². The number of hydrogen-bond donors (Lipinski definition) is 0. The zero-order valence-electron chi connectivity index (χ0n) is 17.4. The Balaban J connectivity index is 2.35. The lowest BCUT2D eigenvalue weighted by molar-refractivity contribution is -0.133. The standard InChI is InChI=1S/C22H44N2O/c1-4-7-9-10-11-13-16-21(15-12-8-5-2)23-17-19-24(20-18-23)22(25)14-6-3/h21H,4-20H2,1-3H3. The summed E-state index contributed by atoms with van der Waals surface area (Å²) in [6, 6.07) is 0.751. The van der Waals surface area contributed by atoms with Gasteiger partial charge in [-0.25, -0.2) is 0 Å². The summed E-state index contributed by atoms with van der Waals surface area (Å²) in [5.41, 5.74) is 0. The predicted molar refractivity (Wildman–Crippen MR) is 109 cm³/mol. The van der Waals surface area contributed by atoms with Gasteiger partial charge in [0.25, 0.3) is 0 Å². The Hall–Kier alpha value is -0.570. The van der Waals surface area contributed by atoms with E-state index in [9.17, 15) is 4.79 Å². The summed E-state index contributed by atoms with van der Waals surface area (Å²) in [6.07, 6.45) is 16.8. The van der Waals surface area contributed by atoms with Crippen molar-refractivity contribution in [1.82, 2.24) is 9.80 Å². The van der Waals surface area contributed by atoms with Gasteiger partial charge in [0.2, 0.25) is 5.91 Å². The molecule has 3 heteroatoms. The Morgan fingerprint density at radius 1 is 0.720 bits per heavy atom. The van der Waals surface area contributed by atoms with E-state index in [1.165, 1.54) is 70.6 Å². The van der Waals surface area contributed by atoms with Crippen LogP contribution in [0.2, 0.25) is 0 Å². The zero-order chi connectivity index (χ0) is 18.3. The van der Waals surface area contributed by atoms with E-state index >= 15 is 0 Å². The first-order valence-corrected chi connectivity index (χ1v) is 11.2. The highest BCUT2D eigenvalue weighted by atomic mass is 16.2. The Bertz CT molecular complexity index is 324. The first-order chi connectivity index (χ1) is 12.2. The lowest BCUT2D eigenvalue weighted by Gasteiger charge is -2.39. The molecule has 0 aromatic heterocycles. The molecule has 0 spiro atoms. The van der Waals surface area contributed by atoms with Gasteiger partial charge >= 0.3 is 0 Å². The van der Waals surface area contributed by atoms with Crippen molar-refractivity contribution in [1.29, 1.82) is 0 Å². The Kier molecular flexibility index (Phi) is 13.1. The molecule has 1 unspecified atom stereocenters. The number of piperazine rings is 1. The minimum atomic E-state index is 0.362. The topological polar surface area (TPSA) is 23.6 Å². The van der Waals surface area contributed by atoms with Gasteiger partial charge in [-0.05, 0) is 19.3 Å². The number of amides is 1. The molecule has 1 aliphatic rings. The lowest BCUT2D eigenvalue weighted by atomic mass is 9.99. The second kappa shape index (κ2) is 14.6. The number of carbonyl (C=O) groups excluding carboxylic acids is 1. The Morgan fingerprint density at radius 3 is 1.84 bits per heavy atom. The van der Waals surface area contributed by atoms with Crippen LogP contribution in [0.25, 0.3) is 0 Å². The van der Waals surface area contributed by atoms with Gasteiger partial charge in [0.1, 0.15) is 0 Å². The Labute approximate surface area is 157 Å². The Morgan fingerprint density at radius 2 is 1.24 bits per heavy atom. The van der Waals surface area contributed by atoms with Crippen LogP contribution in [-0.2, 0) is 4.79 Å². The quantitative estimate of drug-likeness (QED) is 0.378. The zero-order valence-corrected chi connectivity index (χ0v) is 17.4. The molecule has 1 saturated heterocycles. The fourth-order valence-corrected chi connectivity index (χ4v) is 4.01. The molecule has 0 N–H and O–H groups in total. The molecule has 1 amide bonds. The van der Waals surface area contributed by atoms with Crippen LogP contribution in [0, 0.1) is 0 Å². The predicted octanol–water partition coefficient (Wildman–Crippen LogP) is 5.63. The monoisotopic (exact) mass is 352 g/mol. The summed E-state index contributed by atoms with van der Waals surface area (Å²) in [6.45, 7) is 10.7. The van der Waals surface area contributed by atoms with Crippen molar-refractivity contribution in [2.45, 2.75) is 110 Å². The van der Waals surface area contributed by atoms with Crippen LogP contribution >= 0.6 is 0 Å². The SMILES string of the molecule is CCCCCCCCC(CCCCC)N1CCN(C(=O)CCC)CC1. The molecule has 1 rings (SSSR count). The molecule has 0 radical (unpaired) electrons. The number of carbonyl (C=O) groups is 1. The summed E-state index contributed by atoms with van der Waals surface area (Å²) >= 11 is 0. The third-order valence-electron chi connectivity index (χ3n) is 5.68. The molecule has 1 atom stereocenters. The van der Waals surface area contributed by atoms with Gasteiger partial charge in [0.05, 0.1) is 0 Å². The van der Waals surface area contributed by atoms with E-state index in [2.05, 4.69) is 30.6 Å². The van der Waals surface area contributed by atoms with E-state index in [4.69, 9.17) is 0 Å². The van der Waals surface area contributed by atoms with Crippen molar-refractivity contribution in [3.63, 3.8) is 0 Å². The molecular formula is C22H44N2O. The minimum Gasteiger partial charge on any atom is -0.340 e. The van der Waals surface area contributed by atoms with E-state index in [1.54, 1.807) is 0 Å². The van der Waals surface area contributed by atoms with Crippen molar-refractivity contribution in [3.8, 4) is 0 Å². The van der Waals surface area contributed by atoms with Gasteiger partial charge in [-0.3, -0.25) is 9.69 Å². The first kappa shape index (κ1) is 22.5. The maximum atomic E-state index is 12.1. The van der Waals surface area contributed by atoms with Gasteiger partial charge in [-0.15, -0.1) is 0 Å². The van der Waals surface area contributed by atoms with Crippen molar-refractivity contribution in [2.75, 3.05) is 26.2 Å². The van der Waals surface area contributed by atoms with Gasteiger partial charge in [-0.2, -0.15) is 0 Å². The second-order valence-corrected chi connectivity index (χ2v) is 7.87. The minimum absolute atomic E-state index is 0.362. The van der Waals surface area contributed by atoms with E-state index in [0.29, 0.717) is 5.91 Å². The molecule has 0 bridgehead atoms. The normalized spacial score (nSPS) is 17.0. The second-order valence-electron chi connectivity index (χ2n) is 7.87. The van der Waals surface area contributed by atoms with Crippen LogP contribution in [0.4, 0.5) is 0 Å². The highest BCUT2D eigenvalue weighted by molar-refractivity contribution is 5.76. The first-order valence-electron chi connectivity index (χ1n) is 11.2. The number of nitrogens with zero attached hydrogens (tertiary/aromatic N) is 2. The van der Waals surface area contributed by atoms with Gasteiger partial charge < -0.3 is 4.90 Å². The van der Waals surface area contributed by atoms with Crippen LogP contribution in [-0.4, -0.2) is 47.9 Å². The third kappa shape index (κ3) is 9.63. The van der Waals surface area contributed by atoms with Crippen molar-refractivity contribution in [2.24, 2.45) is 0 Å². The van der Waals surface area contributed by atoms with Gasteiger partial charge in [-0.1, -0.05) is 78.6 Å². The van der Waals surface area contributed by atoms with Crippen LogP contribution in [0.5, 0.6) is 0 Å². The van der Waals surface area contributed by atoms with E-state index < -0.39 is 0 Å². The summed E-state index contributed by atoms with van der Waals surface area (Å²) in [4.78, 5) is 16.9. The highest BCUT2D eigenvalue weighted by Crippen LogP contribution is 2.20.